The second-order valence-corrected chi connectivity index (χ2v) is 14.9. The zero-order valence-electron chi connectivity index (χ0n) is 27.3. The van der Waals surface area contributed by atoms with Crippen LogP contribution in [0.2, 0.25) is 0 Å². The minimum absolute atomic E-state index is 0.0625. The second kappa shape index (κ2) is 15.9. The van der Waals surface area contributed by atoms with E-state index < -0.39 is 52.9 Å². The number of carboxylic acids is 1. The van der Waals surface area contributed by atoms with Gasteiger partial charge in [-0.3, -0.25) is 24.1 Å². The molecule has 2 aromatic heterocycles. The Bertz CT molecular complexity index is 2060. The van der Waals surface area contributed by atoms with E-state index in [-0.39, 0.29) is 40.9 Å². The Kier molecular flexibility index (Phi) is 11.2. The van der Waals surface area contributed by atoms with E-state index in [1.807, 2.05) is 31.2 Å². The third-order valence-corrected chi connectivity index (χ3v) is 11.5. The van der Waals surface area contributed by atoms with Crippen LogP contribution in [0.4, 0.5) is 0 Å². The van der Waals surface area contributed by atoms with Crippen molar-refractivity contribution in [1.29, 1.82) is 0 Å². The van der Waals surface area contributed by atoms with E-state index in [0.29, 0.717) is 21.2 Å². The maximum atomic E-state index is 13.8. The van der Waals surface area contributed by atoms with Crippen LogP contribution < -0.4 is 16.0 Å². The van der Waals surface area contributed by atoms with Crippen molar-refractivity contribution in [1.82, 2.24) is 36.0 Å². The molecule has 2 aliphatic heterocycles. The Morgan fingerprint density at radius 1 is 1.02 bits per heavy atom. The molecular weight excluding hydrogens is 731 g/mol. The molecule has 4 aromatic rings. The van der Waals surface area contributed by atoms with E-state index in [1.165, 1.54) is 29.6 Å². The van der Waals surface area contributed by atoms with Crippen molar-refractivity contribution in [3.05, 3.63) is 99.7 Å². The molecule has 2 aromatic carbocycles. The van der Waals surface area contributed by atoms with Gasteiger partial charge in [-0.2, -0.15) is 0 Å². The molecule has 52 heavy (non-hydrogen) atoms. The summed E-state index contributed by atoms with van der Waals surface area (Å²) in [4.78, 5) is 70.4. The van der Waals surface area contributed by atoms with Crippen LogP contribution in [0.5, 0.6) is 5.88 Å². The molecule has 4 amide bonds. The van der Waals surface area contributed by atoms with Crippen LogP contribution in [0.1, 0.15) is 37.3 Å². The second-order valence-electron chi connectivity index (χ2n) is 11.5. The highest BCUT2D eigenvalue weighted by Crippen LogP contribution is 2.42. The third kappa shape index (κ3) is 7.79. The summed E-state index contributed by atoms with van der Waals surface area (Å²) in [6.07, 6.45) is 0. The first-order valence-electron chi connectivity index (χ1n) is 15.7. The minimum Gasteiger partial charge on any atom is -0.493 e. The van der Waals surface area contributed by atoms with Gasteiger partial charge in [0.2, 0.25) is 16.8 Å². The van der Waals surface area contributed by atoms with E-state index in [2.05, 4.69) is 31.1 Å². The van der Waals surface area contributed by atoms with Crippen molar-refractivity contribution in [2.75, 3.05) is 24.7 Å². The van der Waals surface area contributed by atoms with E-state index in [1.54, 1.807) is 36.4 Å². The maximum Gasteiger partial charge on any atom is 0.352 e. The van der Waals surface area contributed by atoms with Crippen molar-refractivity contribution in [2.45, 2.75) is 28.7 Å². The number of nitrogens with zero attached hydrogens (tertiary/aromatic N) is 4. The number of amides is 4. The number of aryl methyl sites for hydroxylation is 1. The number of carbonyl (C=O) groups excluding carboxylic acids is 4. The van der Waals surface area contributed by atoms with Crippen LogP contribution in [0.25, 0.3) is 11.3 Å². The molecule has 15 nitrogen and oxygen atoms in total. The Morgan fingerprint density at radius 3 is 2.46 bits per heavy atom. The molecule has 6 rings (SSSR count). The molecule has 1 fully saturated rings. The first kappa shape index (κ1) is 36.5. The number of β-lactam (4-membered cyclic amide) rings is 1. The zero-order chi connectivity index (χ0) is 36.9. The summed E-state index contributed by atoms with van der Waals surface area (Å²) < 4.78 is 0.416. The average Bonchev–Trinajstić information content (AvgIpc) is 3.63. The molecular formula is C34H31N7O8S3. The molecule has 0 aliphatic carbocycles. The van der Waals surface area contributed by atoms with Gasteiger partial charge in [-0.25, -0.2) is 9.78 Å². The van der Waals surface area contributed by atoms with Gasteiger partial charge < -0.3 is 31.3 Å². The van der Waals surface area contributed by atoms with Gasteiger partial charge in [-0.15, -0.1) is 22.0 Å². The number of aromatic nitrogens is 3. The van der Waals surface area contributed by atoms with Crippen molar-refractivity contribution in [3.63, 3.8) is 0 Å². The van der Waals surface area contributed by atoms with Crippen molar-refractivity contribution in [2.24, 2.45) is 0 Å². The van der Waals surface area contributed by atoms with Crippen LogP contribution in [0, 0.1) is 6.92 Å². The molecule has 6 N–H and O–H groups in total. The fraction of sp³-hybridized carbons (Fsp3) is 0.235. The summed E-state index contributed by atoms with van der Waals surface area (Å²) in [7, 11) is 0. The minimum atomic E-state index is -1.31. The van der Waals surface area contributed by atoms with Gasteiger partial charge in [0.1, 0.15) is 28.7 Å². The van der Waals surface area contributed by atoms with Gasteiger partial charge in [0.05, 0.1) is 12.3 Å². The van der Waals surface area contributed by atoms with Gasteiger partial charge in [0.15, 0.2) is 4.34 Å². The highest BCUT2D eigenvalue weighted by molar-refractivity contribution is 8.01. The molecule has 2 aliphatic rings. The summed E-state index contributed by atoms with van der Waals surface area (Å²) in [5.74, 6) is -4.04. The molecule has 268 valence electrons. The molecule has 3 atom stereocenters. The fourth-order valence-electron chi connectivity index (χ4n) is 5.45. The van der Waals surface area contributed by atoms with Gasteiger partial charge >= 0.3 is 5.97 Å². The van der Waals surface area contributed by atoms with E-state index in [4.69, 9.17) is 5.11 Å². The number of hydrogen-bond acceptors (Lipinski definition) is 13. The fourth-order valence-corrected chi connectivity index (χ4v) is 8.70. The maximum absolute atomic E-state index is 13.8. The average molecular weight is 762 g/mol. The lowest BCUT2D eigenvalue weighted by molar-refractivity contribution is -0.151. The van der Waals surface area contributed by atoms with E-state index >= 15 is 0 Å². The molecule has 0 saturated carbocycles. The number of rotatable bonds is 13. The van der Waals surface area contributed by atoms with Crippen molar-refractivity contribution >= 4 is 64.5 Å². The Labute approximate surface area is 308 Å². The van der Waals surface area contributed by atoms with Crippen molar-refractivity contribution < 1.29 is 39.3 Å². The zero-order valence-corrected chi connectivity index (χ0v) is 29.8. The van der Waals surface area contributed by atoms with Crippen LogP contribution >= 0.6 is 34.9 Å². The number of aliphatic hydroxyl groups excluding tert-OH is 1. The predicted octanol–water partition coefficient (Wildman–Crippen LogP) is 2.34. The summed E-state index contributed by atoms with van der Waals surface area (Å²) >= 11 is 3.46. The standard InChI is InChI=1S/C34H31N7O8S3/c1-17-7-9-18(10-8-17)22-12-11-21(26(43)36-22)27(44)37-23(19-5-3-2-4-6-19)28(45)38-24-31(47)41-25(33(48)49)20(15-50-32(24)41)16-51-34-40-39-30(52-34)29(46)35-13-14-42/h2-12,23-24,32,42H,13-16H2,1H3,(H,35,46)(H,36,43)(H,37,44)(H,38,45)(H,48,49)/t23?,24?,32-/m0/s1. The number of carboxylic acid groups (broad SMARTS) is 1. The quantitative estimate of drug-likeness (QED) is 0.0852. The molecule has 0 bridgehead atoms. The Hall–Kier alpha value is -5.30. The number of fused-ring (bicyclic) bond motifs is 1. The lowest BCUT2D eigenvalue weighted by Crippen LogP contribution is -2.71. The van der Waals surface area contributed by atoms with Gasteiger partial charge in [-0.1, -0.05) is 83.3 Å². The highest BCUT2D eigenvalue weighted by atomic mass is 32.2. The van der Waals surface area contributed by atoms with Gasteiger partial charge in [0, 0.05) is 23.6 Å². The third-order valence-electron chi connectivity index (χ3n) is 8.05. The summed E-state index contributed by atoms with van der Waals surface area (Å²) in [5.41, 5.74) is 2.76. The molecule has 0 spiro atoms. The number of nitrogens with one attached hydrogen (secondary N) is 3. The largest absolute Gasteiger partial charge is 0.493 e. The summed E-state index contributed by atoms with van der Waals surface area (Å²) in [6, 6.07) is 16.5. The van der Waals surface area contributed by atoms with Crippen molar-refractivity contribution in [3.8, 4) is 17.1 Å². The monoisotopic (exact) mass is 761 g/mol. The first-order chi connectivity index (χ1) is 25.0. The normalized spacial score (nSPS) is 17.1. The number of carbonyl (C=O) groups is 5. The number of aromatic hydroxyl groups is 1. The van der Waals surface area contributed by atoms with Gasteiger partial charge in [-0.05, 0) is 30.2 Å². The number of thioether (sulfide) groups is 2. The number of aliphatic carboxylic acids is 1. The SMILES string of the molecule is Cc1ccc(-c2ccc(C(=O)NC(C(=O)NC3C(=O)N4C(C(=O)O)=C(CSc5nnc(C(=O)NCCO)s5)CS[C@@H]34)c3ccccc3)c(O)n2)cc1. The number of pyridine rings is 1. The first-order valence-corrected chi connectivity index (χ1v) is 18.6. The van der Waals surface area contributed by atoms with Crippen LogP contribution in [-0.4, -0.2) is 101 Å². The summed E-state index contributed by atoms with van der Waals surface area (Å²) in [5, 5.41) is 44.7. The van der Waals surface area contributed by atoms with Crippen LogP contribution in [0.3, 0.4) is 0 Å². The predicted molar refractivity (Wildman–Crippen MR) is 192 cm³/mol. The molecule has 2 unspecified atom stereocenters. The Morgan fingerprint density at radius 2 is 1.77 bits per heavy atom. The highest BCUT2D eigenvalue weighted by Gasteiger charge is 2.54. The molecule has 18 heteroatoms. The van der Waals surface area contributed by atoms with E-state index in [9.17, 15) is 34.2 Å². The van der Waals surface area contributed by atoms with Gasteiger partial charge in [0.25, 0.3) is 17.7 Å². The van der Waals surface area contributed by atoms with Crippen LogP contribution in [-0.2, 0) is 14.4 Å². The number of aliphatic hydroxyl groups is 1. The summed E-state index contributed by atoms with van der Waals surface area (Å²) in [6.45, 7) is 1.78. The van der Waals surface area contributed by atoms with Crippen LogP contribution in [0.15, 0.2) is 82.3 Å². The Balaban J connectivity index is 1.14. The topological polar surface area (TPSA) is 224 Å². The lowest BCUT2D eigenvalue weighted by Gasteiger charge is -2.49. The number of hydrogen-bond donors (Lipinski definition) is 6. The van der Waals surface area contributed by atoms with E-state index in [0.717, 1.165) is 27.4 Å². The molecule has 1 saturated heterocycles. The molecule has 4 heterocycles. The lowest BCUT2D eigenvalue weighted by atomic mass is 10.0. The number of benzene rings is 2. The molecule has 0 radical (unpaired) electrons. The smallest absolute Gasteiger partial charge is 0.352 e.